The topological polar surface area (TPSA) is 92.4 Å². The van der Waals surface area contributed by atoms with Crippen LogP contribution in [0.5, 0.6) is 0 Å². The van der Waals surface area contributed by atoms with Gasteiger partial charge in [0.15, 0.2) is 0 Å². The van der Waals surface area contributed by atoms with Gasteiger partial charge in [0.05, 0.1) is 11.1 Å². The molecule has 0 saturated carbocycles. The van der Waals surface area contributed by atoms with Crippen LogP contribution in [0.3, 0.4) is 0 Å². The number of aliphatic carboxylic acids is 1. The van der Waals surface area contributed by atoms with Crippen molar-refractivity contribution in [2.24, 2.45) is 5.41 Å². The van der Waals surface area contributed by atoms with Crippen molar-refractivity contribution in [3.63, 3.8) is 0 Å². The Morgan fingerprint density at radius 2 is 2.11 bits per heavy atom. The van der Waals surface area contributed by atoms with Crippen LogP contribution < -0.4 is 5.32 Å². The van der Waals surface area contributed by atoms with E-state index in [4.69, 9.17) is 9.63 Å². The fourth-order valence-electron chi connectivity index (χ4n) is 1.35. The van der Waals surface area contributed by atoms with Crippen molar-refractivity contribution in [3.8, 4) is 0 Å². The van der Waals surface area contributed by atoms with Crippen LogP contribution in [0, 0.1) is 5.41 Å². The smallest absolute Gasteiger partial charge is 0.309 e. The average molecular weight is 268 g/mol. The number of amides is 1. The third kappa shape index (κ3) is 4.08. The van der Waals surface area contributed by atoms with E-state index in [1.807, 2.05) is 13.8 Å². The lowest BCUT2D eigenvalue weighted by Crippen LogP contribution is -2.31. The lowest BCUT2D eigenvalue weighted by molar-refractivity contribution is -0.147. The summed E-state index contributed by atoms with van der Waals surface area (Å²) < 4.78 is 4.94. The summed E-state index contributed by atoms with van der Waals surface area (Å²) in [7, 11) is 0. The summed E-state index contributed by atoms with van der Waals surface area (Å²) in [5, 5.41) is 15.4. The van der Waals surface area contributed by atoms with Gasteiger partial charge in [0.2, 0.25) is 5.76 Å². The van der Waals surface area contributed by atoms with E-state index >= 15 is 0 Å². The molecule has 1 aromatic heterocycles. The summed E-state index contributed by atoms with van der Waals surface area (Å²) in [5.74, 6) is -0.919. The highest BCUT2D eigenvalue weighted by molar-refractivity contribution is 5.91. The molecular weight excluding hydrogens is 248 g/mol. The molecule has 0 aliphatic carbocycles. The first-order chi connectivity index (χ1) is 8.74. The molecule has 0 radical (unpaired) electrons. The second-order valence-corrected chi connectivity index (χ2v) is 5.47. The maximum Gasteiger partial charge on any atom is 0.309 e. The van der Waals surface area contributed by atoms with Gasteiger partial charge in [-0.3, -0.25) is 9.59 Å². The Morgan fingerprint density at radius 3 is 2.58 bits per heavy atom. The van der Waals surface area contributed by atoms with Crippen molar-refractivity contribution < 1.29 is 19.2 Å². The molecule has 0 atom stereocenters. The fourth-order valence-corrected chi connectivity index (χ4v) is 1.35. The standard InChI is InChI=1S/C13H20N2O4/c1-8(2)9-7-10(19-15-9)11(16)14-6-5-13(3,4)12(17)18/h7-8H,5-6H2,1-4H3,(H,14,16)(H,17,18). The number of carboxylic acids is 1. The lowest BCUT2D eigenvalue weighted by atomic mass is 9.90. The number of hydrogen-bond acceptors (Lipinski definition) is 4. The van der Waals surface area contributed by atoms with Crippen molar-refractivity contribution in [1.82, 2.24) is 10.5 Å². The number of carboxylic acid groups (broad SMARTS) is 1. The van der Waals surface area contributed by atoms with Gasteiger partial charge in [0.1, 0.15) is 0 Å². The van der Waals surface area contributed by atoms with Crippen molar-refractivity contribution in [2.45, 2.75) is 40.0 Å². The van der Waals surface area contributed by atoms with Crippen molar-refractivity contribution in [3.05, 3.63) is 17.5 Å². The number of carbonyl (C=O) groups excluding carboxylic acids is 1. The Kier molecular flexibility index (Phi) is 4.69. The summed E-state index contributed by atoms with van der Waals surface area (Å²) in [6.45, 7) is 7.42. The molecule has 6 nitrogen and oxygen atoms in total. The van der Waals surface area contributed by atoms with E-state index in [2.05, 4.69) is 10.5 Å². The Bertz CT molecular complexity index is 463. The fraction of sp³-hybridized carbons (Fsp3) is 0.615. The summed E-state index contributed by atoms with van der Waals surface area (Å²) in [5.41, 5.74) is -0.145. The first kappa shape index (κ1) is 15.2. The molecule has 106 valence electrons. The summed E-state index contributed by atoms with van der Waals surface area (Å²) in [6, 6.07) is 1.60. The summed E-state index contributed by atoms with van der Waals surface area (Å²) in [6.07, 6.45) is 0.346. The predicted molar refractivity (Wildman–Crippen MR) is 69.0 cm³/mol. The zero-order valence-corrected chi connectivity index (χ0v) is 11.7. The molecule has 6 heteroatoms. The SMILES string of the molecule is CC(C)c1cc(C(=O)NCCC(C)(C)C(=O)O)on1. The maximum atomic E-state index is 11.7. The third-order valence-electron chi connectivity index (χ3n) is 2.96. The van der Waals surface area contributed by atoms with Gasteiger partial charge in [-0.05, 0) is 26.2 Å². The number of carbonyl (C=O) groups is 2. The number of hydrogen-bond donors (Lipinski definition) is 2. The van der Waals surface area contributed by atoms with E-state index in [0.717, 1.165) is 5.69 Å². The van der Waals surface area contributed by atoms with Gasteiger partial charge in [-0.25, -0.2) is 0 Å². The van der Waals surface area contributed by atoms with Gasteiger partial charge >= 0.3 is 5.97 Å². The number of nitrogens with one attached hydrogen (secondary N) is 1. The van der Waals surface area contributed by atoms with Gasteiger partial charge < -0.3 is 14.9 Å². The van der Waals surface area contributed by atoms with E-state index in [1.54, 1.807) is 19.9 Å². The highest BCUT2D eigenvalue weighted by Crippen LogP contribution is 2.19. The Labute approximate surface area is 112 Å². The zero-order chi connectivity index (χ0) is 14.6. The zero-order valence-electron chi connectivity index (χ0n) is 11.7. The molecule has 0 fully saturated rings. The molecule has 0 spiro atoms. The third-order valence-corrected chi connectivity index (χ3v) is 2.96. The molecule has 0 aromatic carbocycles. The van der Waals surface area contributed by atoms with Gasteiger partial charge in [-0.2, -0.15) is 0 Å². The van der Waals surface area contributed by atoms with E-state index in [9.17, 15) is 9.59 Å². The number of aromatic nitrogens is 1. The largest absolute Gasteiger partial charge is 0.481 e. The van der Waals surface area contributed by atoms with Crippen LogP contribution in [-0.2, 0) is 4.79 Å². The minimum Gasteiger partial charge on any atom is -0.481 e. The van der Waals surface area contributed by atoms with Crippen molar-refractivity contribution in [1.29, 1.82) is 0 Å². The van der Waals surface area contributed by atoms with Gasteiger partial charge in [0.25, 0.3) is 5.91 Å². The molecule has 0 aliphatic rings. The van der Waals surface area contributed by atoms with Crippen LogP contribution in [0.4, 0.5) is 0 Å². The first-order valence-electron chi connectivity index (χ1n) is 6.22. The first-order valence-corrected chi connectivity index (χ1v) is 6.22. The molecule has 19 heavy (non-hydrogen) atoms. The van der Waals surface area contributed by atoms with E-state index < -0.39 is 11.4 Å². The Morgan fingerprint density at radius 1 is 1.47 bits per heavy atom. The molecule has 0 saturated heterocycles. The molecule has 1 rings (SSSR count). The second kappa shape index (κ2) is 5.86. The highest BCUT2D eigenvalue weighted by Gasteiger charge is 2.26. The second-order valence-electron chi connectivity index (χ2n) is 5.47. The van der Waals surface area contributed by atoms with Crippen LogP contribution in [0.2, 0.25) is 0 Å². The lowest BCUT2D eigenvalue weighted by Gasteiger charge is -2.18. The molecule has 2 N–H and O–H groups in total. The number of rotatable bonds is 6. The van der Waals surface area contributed by atoms with Gasteiger partial charge in [-0.15, -0.1) is 0 Å². The average Bonchev–Trinajstić information content (AvgIpc) is 2.77. The van der Waals surface area contributed by atoms with Crippen molar-refractivity contribution >= 4 is 11.9 Å². The van der Waals surface area contributed by atoms with E-state index in [-0.39, 0.29) is 24.1 Å². The molecule has 0 unspecified atom stereocenters. The summed E-state index contributed by atoms with van der Waals surface area (Å²) >= 11 is 0. The summed E-state index contributed by atoms with van der Waals surface area (Å²) in [4.78, 5) is 22.6. The van der Waals surface area contributed by atoms with Crippen LogP contribution in [0.1, 0.15) is 56.3 Å². The molecule has 0 bridgehead atoms. The normalized spacial score (nSPS) is 11.6. The van der Waals surface area contributed by atoms with E-state index in [1.165, 1.54) is 0 Å². The predicted octanol–water partition coefficient (Wildman–Crippen LogP) is 2.03. The maximum absolute atomic E-state index is 11.7. The Hall–Kier alpha value is -1.85. The van der Waals surface area contributed by atoms with Crippen molar-refractivity contribution in [2.75, 3.05) is 6.54 Å². The monoisotopic (exact) mass is 268 g/mol. The Balaban J connectivity index is 2.49. The van der Waals surface area contributed by atoms with Crippen LogP contribution >= 0.6 is 0 Å². The van der Waals surface area contributed by atoms with Crippen LogP contribution in [0.25, 0.3) is 0 Å². The molecule has 0 aliphatic heterocycles. The number of nitrogens with zero attached hydrogens (tertiary/aromatic N) is 1. The molecular formula is C13H20N2O4. The quantitative estimate of drug-likeness (QED) is 0.823. The minimum atomic E-state index is -0.886. The van der Waals surface area contributed by atoms with E-state index in [0.29, 0.717) is 6.42 Å². The van der Waals surface area contributed by atoms with Gasteiger partial charge in [0, 0.05) is 12.6 Å². The molecule has 1 aromatic rings. The molecule has 1 heterocycles. The highest BCUT2D eigenvalue weighted by atomic mass is 16.5. The van der Waals surface area contributed by atoms with Gasteiger partial charge in [-0.1, -0.05) is 19.0 Å². The van der Waals surface area contributed by atoms with Crippen LogP contribution in [-0.4, -0.2) is 28.7 Å². The minimum absolute atomic E-state index is 0.150. The molecule has 1 amide bonds. The van der Waals surface area contributed by atoms with Crippen LogP contribution in [0.15, 0.2) is 10.6 Å².